The number of rotatable bonds is 6. The topological polar surface area (TPSA) is 54.0 Å². The van der Waals surface area contributed by atoms with E-state index in [9.17, 15) is 4.79 Å². The fraction of sp³-hybridized carbons (Fsp3) is 0.533. The average Bonchev–Trinajstić information content (AvgIpc) is 2.41. The minimum Gasteiger partial charge on any atom is -0.496 e. The van der Waals surface area contributed by atoms with Crippen LogP contribution in [0.25, 0.3) is 0 Å². The van der Waals surface area contributed by atoms with Gasteiger partial charge in [0.05, 0.1) is 19.3 Å². The van der Waals surface area contributed by atoms with Crippen molar-refractivity contribution < 1.29 is 24.0 Å². The van der Waals surface area contributed by atoms with Crippen LogP contribution in [0.5, 0.6) is 5.75 Å². The Balaban J connectivity index is 2.47. The SMILES string of the molecule is COc1ccccc1C(=O)OOC(C)COC(C)(C)C. The predicted molar refractivity (Wildman–Crippen MR) is 74.7 cm³/mol. The predicted octanol–water partition coefficient (Wildman–Crippen LogP) is 2.99. The summed E-state index contributed by atoms with van der Waals surface area (Å²) in [7, 11) is 1.49. The summed E-state index contributed by atoms with van der Waals surface area (Å²) >= 11 is 0. The van der Waals surface area contributed by atoms with Crippen LogP contribution in [0, 0.1) is 0 Å². The van der Waals surface area contributed by atoms with Crippen LogP contribution in [0.4, 0.5) is 0 Å². The maximum Gasteiger partial charge on any atom is 0.376 e. The van der Waals surface area contributed by atoms with Crippen molar-refractivity contribution in [3.05, 3.63) is 29.8 Å². The molecule has 0 N–H and O–H groups in total. The second-order valence-corrected chi connectivity index (χ2v) is 5.40. The van der Waals surface area contributed by atoms with Gasteiger partial charge in [-0.2, -0.15) is 4.89 Å². The van der Waals surface area contributed by atoms with E-state index in [2.05, 4.69) is 0 Å². The Bertz CT molecular complexity index is 436. The third kappa shape index (κ3) is 5.59. The highest BCUT2D eigenvalue weighted by Crippen LogP contribution is 2.18. The van der Waals surface area contributed by atoms with E-state index in [-0.39, 0.29) is 11.7 Å². The molecule has 5 nitrogen and oxygen atoms in total. The molecule has 0 aromatic heterocycles. The third-order valence-corrected chi connectivity index (χ3v) is 2.37. The first-order valence-corrected chi connectivity index (χ1v) is 6.48. The summed E-state index contributed by atoms with van der Waals surface area (Å²) in [6.07, 6.45) is -0.354. The molecule has 0 aliphatic rings. The van der Waals surface area contributed by atoms with E-state index in [0.717, 1.165) is 0 Å². The molecule has 5 heteroatoms. The van der Waals surface area contributed by atoms with Gasteiger partial charge < -0.3 is 9.47 Å². The molecule has 1 unspecified atom stereocenters. The second-order valence-electron chi connectivity index (χ2n) is 5.40. The number of hydrogen-bond acceptors (Lipinski definition) is 5. The molecule has 0 fully saturated rings. The van der Waals surface area contributed by atoms with Crippen LogP contribution >= 0.6 is 0 Å². The van der Waals surface area contributed by atoms with Gasteiger partial charge in [0.2, 0.25) is 0 Å². The molecule has 0 bridgehead atoms. The Labute approximate surface area is 119 Å². The minimum atomic E-state index is -0.593. The molecule has 1 rings (SSSR count). The van der Waals surface area contributed by atoms with E-state index in [1.165, 1.54) is 7.11 Å². The zero-order chi connectivity index (χ0) is 15.2. The number of hydrogen-bond donors (Lipinski definition) is 0. The summed E-state index contributed by atoms with van der Waals surface area (Å²) in [5, 5.41) is 0. The number of carbonyl (C=O) groups is 1. The van der Waals surface area contributed by atoms with Crippen LogP contribution in [-0.2, 0) is 14.5 Å². The van der Waals surface area contributed by atoms with Gasteiger partial charge in [0.25, 0.3) is 0 Å². The summed E-state index contributed by atoms with van der Waals surface area (Å²) in [5.41, 5.74) is 0.0588. The van der Waals surface area contributed by atoms with E-state index in [1.807, 2.05) is 20.8 Å². The van der Waals surface area contributed by atoms with Gasteiger partial charge in [0, 0.05) is 0 Å². The van der Waals surface area contributed by atoms with Gasteiger partial charge in [-0.15, -0.1) is 0 Å². The quantitative estimate of drug-likeness (QED) is 0.593. The van der Waals surface area contributed by atoms with Gasteiger partial charge in [-0.1, -0.05) is 12.1 Å². The molecule has 112 valence electrons. The van der Waals surface area contributed by atoms with Crippen molar-refractivity contribution in [1.82, 2.24) is 0 Å². The molecule has 0 spiro atoms. The Kier molecular flexibility index (Phi) is 5.98. The highest BCUT2D eigenvalue weighted by molar-refractivity contribution is 5.92. The van der Waals surface area contributed by atoms with E-state index in [0.29, 0.717) is 17.9 Å². The van der Waals surface area contributed by atoms with Gasteiger partial charge in [-0.25, -0.2) is 4.79 Å². The largest absolute Gasteiger partial charge is 0.496 e. The number of ether oxygens (including phenoxy) is 2. The van der Waals surface area contributed by atoms with Crippen molar-refractivity contribution >= 4 is 5.97 Å². The number of carbonyl (C=O) groups excluding carboxylic acids is 1. The molecule has 0 radical (unpaired) electrons. The monoisotopic (exact) mass is 282 g/mol. The third-order valence-electron chi connectivity index (χ3n) is 2.37. The highest BCUT2D eigenvalue weighted by atomic mass is 17.2. The van der Waals surface area contributed by atoms with Gasteiger partial charge in [-0.05, 0) is 39.8 Å². The van der Waals surface area contributed by atoms with Crippen molar-refractivity contribution in [2.45, 2.75) is 39.4 Å². The number of benzene rings is 1. The summed E-state index contributed by atoms with van der Waals surface area (Å²) < 4.78 is 10.6. The normalized spacial score (nSPS) is 12.8. The van der Waals surface area contributed by atoms with Crippen molar-refractivity contribution in [1.29, 1.82) is 0 Å². The lowest BCUT2D eigenvalue weighted by molar-refractivity contribution is -0.282. The van der Waals surface area contributed by atoms with E-state index < -0.39 is 5.97 Å². The Morgan fingerprint density at radius 1 is 1.25 bits per heavy atom. The van der Waals surface area contributed by atoms with Gasteiger partial charge in [0.15, 0.2) is 0 Å². The first kappa shape index (κ1) is 16.5. The van der Waals surface area contributed by atoms with Crippen LogP contribution in [0.1, 0.15) is 38.1 Å². The van der Waals surface area contributed by atoms with Crippen LogP contribution in [0.3, 0.4) is 0 Å². The van der Waals surface area contributed by atoms with Crippen LogP contribution in [0.15, 0.2) is 24.3 Å². The second kappa shape index (κ2) is 7.26. The van der Waals surface area contributed by atoms with E-state index in [4.69, 9.17) is 19.2 Å². The molecular weight excluding hydrogens is 260 g/mol. The Morgan fingerprint density at radius 3 is 2.50 bits per heavy atom. The fourth-order valence-corrected chi connectivity index (χ4v) is 1.38. The first-order valence-electron chi connectivity index (χ1n) is 6.48. The van der Waals surface area contributed by atoms with E-state index >= 15 is 0 Å². The molecular formula is C15H22O5. The van der Waals surface area contributed by atoms with Crippen molar-refractivity contribution in [3.8, 4) is 5.75 Å². The van der Waals surface area contributed by atoms with Gasteiger partial charge in [0.1, 0.15) is 17.4 Å². The molecule has 0 heterocycles. The van der Waals surface area contributed by atoms with Crippen molar-refractivity contribution in [3.63, 3.8) is 0 Å². The molecule has 20 heavy (non-hydrogen) atoms. The highest BCUT2D eigenvalue weighted by Gasteiger charge is 2.17. The molecule has 0 aliphatic heterocycles. The number of para-hydroxylation sites is 1. The summed E-state index contributed by atoms with van der Waals surface area (Å²) in [6.45, 7) is 7.94. The minimum absolute atomic E-state index is 0.260. The zero-order valence-electron chi connectivity index (χ0n) is 12.6. The maximum absolute atomic E-state index is 11.9. The Hall–Kier alpha value is -1.59. The maximum atomic E-state index is 11.9. The lowest BCUT2D eigenvalue weighted by Gasteiger charge is -2.21. The molecule has 0 saturated carbocycles. The van der Waals surface area contributed by atoms with Crippen LogP contribution < -0.4 is 4.74 Å². The van der Waals surface area contributed by atoms with Crippen LogP contribution in [0.2, 0.25) is 0 Å². The molecule has 0 amide bonds. The van der Waals surface area contributed by atoms with Crippen molar-refractivity contribution in [2.75, 3.05) is 13.7 Å². The van der Waals surface area contributed by atoms with E-state index in [1.54, 1.807) is 31.2 Å². The lowest BCUT2D eigenvalue weighted by atomic mass is 10.2. The Morgan fingerprint density at radius 2 is 1.90 bits per heavy atom. The number of methoxy groups -OCH3 is 1. The molecule has 0 aliphatic carbocycles. The average molecular weight is 282 g/mol. The molecule has 1 atom stereocenters. The van der Waals surface area contributed by atoms with Crippen molar-refractivity contribution in [2.24, 2.45) is 0 Å². The summed E-state index contributed by atoms with van der Waals surface area (Å²) in [6, 6.07) is 6.80. The van der Waals surface area contributed by atoms with Gasteiger partial charge >= 0.3 is 5.97 Å². The first-order chi connectivity index (χ1) is 9.33. The van der Waals surface area contributed by atoms with Crippen LogP contribution in [-0.4, -0.2) is 31.4 Å². The standard InChI is InChI=1S/C15H22O5/c1-11(10-18-15(2,3)4)19-20-14(16)12-8-6-7-9-13(12)17-5/h6-9,11H,10H2,1-5H3. The fourth-order valence-electron chi connectivity index (χ4n) is 1.38. The molecule has 1 aromatic carbocycles. The lowest BCUT2D eigenvalue weighted by Crippen LogP contribution is -2.27. The summed E-state index contributed by atoms with van der Waals surface area (Å²) in [4.78, 5) is 21.7. The summed E-state index contributed by atoms with van der Waals surface area (Å²) in [5.74, 6) is -0.148. The zero-order valence-corrected chi connectivity index (χ0v) is 12.6. The van der Waals surface area contributed by atoms with Gasteiger partial charge in [-0.3, -0.25) is 4.89 Å². The molecule has 1 aromatic rings. The smallest absolute Gasteiger partial charge is 0.376 e. The molecule has 0 saturated heterocycles.